The Morgan fingerprint density at radius 2 is 1.83 bits per heavy atom. The summed E-state index contributed by atoms with van der Waals surface area (Å²) in [7, 11) is -3.55. The van der Waals surface area contributed by atoms with Gasteiger partial charge in [-0.1, -0.05) is 13.8 Å². The zero-order chi connectivity index (χ0) is 17.7. The molecule has 0 unspecified atom stereocenters. The van der Waals surface area contributed by atoms with Crippen molar-refractivity contribution in [1.29, 1.82) is 0 Å². The van der Waals surface area contributed by atoms with E-state index >= 15 is 0 Å². The quantitative estimate of drug-likeness (QED) is 0.575. The summed E-state index contributed by atoms with van der Waals surface area (Å²) < 4.78 is 60.7. The van der Waals surface area contributed by atoms with E-state index in [1.54, 1.807) is 7.05 Å². The number of nitrogens with zero attached hydrogens (tertiary/aromatic N) is 2. The SMILES string of the molecule is CN=C(NCC(C)C)NCC1CCN(S(=O)(=O)C(F)(F)F)CC1. The maximum atomic E-state index is 12.5. The summed E-state index contributed by atoms with van der Waals surface area (Å²) in [5, 5.41) is 6.27. The van der Waals surface area contributed by atoms with Crippen LogP contribution in [0, 0.1) is 11.8 Å². The minimum atomic E-state index is -5.22. The maximum absolute atomic E-state index is 12.5. The van der Waals surface area contributed by atoms with Crippen LogP contribution in [0.1, 0.15) is 26.7 Å². The molecule has 23 heavy (non-hydrogen) atoms. The molecule has 1 rings (SSSR count). The van der Waals surface area contributed by atoms with Crippen LogP contribution in [0.4, 0.5) is 13.2 Å². The highest BCUT2D eigenvalue weighted by Crippen LogP contribution is 2.30. The molecule has 1 aliphatic heterocycles. The molecule has 0 bridgehead atoms. The number of alkyl halides is 3. The lowest BCUT2D eigenvalue weighted by atomic mass is 9.98. The first-order chi connectivity index (χ1) is 10.6. The van der Waals surface area contributed by atoms with Gasteiger partial charge in [0.05, 0.1) is 0 Å². The predicted octanol–water partition coefficient (Wildman–Crippen LogP) is 1.37. The first kappa shape index (κ1) is 20.0. The summed E-state index contributed by atoms with van der Waals surface area (Å²) in [5.74, 6) is 1.22. The summed E-state index contributed by atoms with van der Waals surface area (Å²) in [6.07, 6.45) is 0.785. The van der Waals surface area contributed by atoms with Crippen molar-refractivity contribution < 1.29 is 21.6 Å². The number of halogens is 3. The molecule has 0 radical (unpaired) electrons. The van der Waals surface area contributed by atoms with E-state index in [0.29, 0.717) is 35.6 Å². The van der Waals surface area contributed by atoms with Crippen LogP contribution in [0.2, 0.25) is 0 Å². The highest BCUT2D eigenvalue weighted by Gasteiger charge is 2.50. The molecule has 0 aromatic heterocycles. The van der Waals surface area contributed by atoms with Gasteiger partial charge in [0, 0.05) is 33.2 Å². The first-order valence-electron chi connectivity index (χ1n) is 7.59. The molecule has 0 saturated carbocycles. The number of rotatable bonds is 5. The van der Waals surface area contributed by atoms with Crippen LogP contribution < -0.4 is 10.6 Å². The average molecular weight is 358 g/mol. The summed E-state index contributed by atoms with van der Waals surface area (Å²) in [6, 6.07) is 0. The Labute approximate surface area is 135 Å². The minimum Gasteiger partial charge on any atom is -0.356 e. The van der Waals surface area contributed by atoms with Crippen LogP contribution in [-0.2, 0) is 10.0 Å². The van der Waals surface area contributed by atoms with Gasteiger partial charge in [-0.25, -0.2) is 8.42 Å². The molecule has 136 valence electrons. The van der Waals surface area contributed by atoms with Gasteiger partial charge in [0.25, 0.3) is 0 Å². The molecule has 0 atom stereocenters. The fourth-order valence-corrected chi connectivity index (χ4v) is 3.25. The number of hydrogen-bond acceptors (Lipinski definition) is 3. The fraction of sp³-hybridized carbons (Fsp3) is 0.923. The third-order valence-corrected chi connectivity index (χ3v) is 5.30. The van der Waals surface area contributed by atoms with Gasteiger partial charge in [0.1, 0.15) is 0 Å². The normalized spacial score (nSPS) is 19.2. The Kier molecular flexibility index (Phi) is 7.12. The number of guanidine groups is 1. The molecular weight excluding hydrogens is 333 g/mol. The number of piperidine rings is 1. The zero-order valence-corrected chi connectivity index (χ0v) is 14.5. The summed E-state index contributed by atoms with van der Waals surface area (Å²) >= 11 is 0. The Balaban J connectivity index is 2.43. The molecule has 1 heterocycles. The third kappa shape index (κ3) is 5.83. The molecule has 0 spiro atoms. The molecule has 10 heteroatoms. The van der Waals surface area contributed by atoms with Gasteiger partial charge in [-0.05, 0) is 24.7 Å². The van der Waals surface area contributed by atoms with Crippen LogP contribution in [0.25, 0.3) is 0 Å². The van der Waals surface area contributed by atoms with Gasteiger partial charge in [-0.2, -0.15) is 17.5 Å². The number of hydrogen-bond donors (Lipinski definition) is 2. The van der Waals surface area contributed by atoms with E-state index in [1.165, 1.54) is 0 Å². The molecule has 6 nitrogen and oxygen atoms in total. The van der Waals surface area contributed by atoms with Crippen molar-refractivity contribution in [2.24, 2.45) is 16.8 Å². The van der Waals surface area contributed by atoms with Gasteiger partial charge in [0.2, 0.25) is 0 Å². The molecule has 0 aromatic rings. The highest BCUT2D eigenvalue weighted by molar-refractivity contribution is 7.90. The zero-order valence-electron chi connectivity index (χ0n) is 13.7. The van der Waals surface area contributed by atoms with Gasteiger partial charge in [0.15, 0.2) is 5.96 Å². The van der Waals surface area contributed by atoms with Crippen molar-refractivity contribution in [2.45, 2.75) is 32.2 Å². The van der Waals surface area contributed by atoms with Gasteiger partial charge in [-0.3, -0.25) is 4.99 Å². The maximum Gasteiger partial charge on any atom is 0.511 e. The Morgan fingerprint density at radius 3 is 2.26 bits per heavy atom. The second-order valence-corrected chi connectivity index (χ2v) is 7.95. The summed E-state index contributed by atoms with van der Waals surface area (Å²) in [6.45, 7) is 5.24. The van der Waals surface area contributed by atoms with Crippen molar-refractivity contribution in [3.8, 4) is 0 Å². The molecule has 0 aromatic carbocycles. The highest BCUT2D eigenvalue weighted by atomic mass is 32.2. The molecular formula is C13H25F3N4O2S. The van der Waals surface area contributed by atoms with Gasteiger partial charge < -0.3 is 10.6 Å². The van der Waals surface area contributed by atoms with Crippen molar-refractivity contribution >= 4 is 16.0 Å². The van der Waals surface area contributed by atoms with E-state index in [9.17, 15) is 21.6 Å². The van der Waals surface area contributed by atoms with E-state index in [0.717, 1.165) is 6.54 Å². The van der Waals surface area contributed by atoms with Gasteiger partial charge in [-0.15, -0.1) is 0 Å². The standard InChI is InChI=1S/C13H25F3N4O2S/c1-10(2)8-18-12(17-3)19-9-11-4-6-20(7-5-11)23(21,22)13(14,15)16/h10-11H,4-9H2,1-3H3,(H2,17,18,19). The van der Waals surface area contributed by atoms with Crippen LogP contribution in [0.15, 0.2) is 4.99 Å². The molecule has 0 aliphatic carbocycles. The van der Waals surface area contributed by atoms with Crippen molar-refractivity contribution in [3.63, 3.8) is 0 Å². The second kappa shape index (κ2) is 8.18. The Hall–Kier alpha value is -1.03. The molecule has 2 N–H and O–H groups in total. The summed E-state index contributed by atoms with van der Waals surface area (Å²) in [4.78, 5) is 4.07. The first-order valence-corrected chi connectivity index (χ1v) is 9.03. The smallest absolute Gasteiger partial charge is 0.356 e. The number of aliphatic imine (C=N–C) groups is 1. The topological polar surface area (TPSA) is 73.8 Å². The van der Waals surface area contributed by atoms with E-state index in [1.807, 2.05) is 0 Å². The van der Waals surface area contributed by atoms with Crippen LogP contribution in [0.3, 0.4) is 0 Å². The van der Waals surface area contributed by atoms with E-state index in [-0.39, 0.29) is 19.0 Å². The fourth-order valence-electron chi connectivity index (χ4n) is 2.26. The number of sulfonamides is 1. The minimum absolute atomic E-state index is 0.105. The lowest BCUT2D eigenvalue weighted by molar-refractivity contribution is -0.0496. The number of nitrogens with one attached hydrogen (secondary N) is 2. The van der Waals surface area contributed by atoms with Crippen LogP contribution >= 0.6 is 0 Å². The van der Waals surface area contributed by atoms with Gasteiger partial charge >= 0.3 is 15.5 Å². The molecule has 1 saturated heterocycles. The van der Waals surface area contributed by atoms with Crippen molar-refractivity contribution in [1.82, 2.24) is 14.9 Å². The van der Waals surface area contributed by atoms with Crippen LogP contribution in [-0.4, -0.2) is 57.4 Å². The van der Waals surface area contributed by atoms with Crippen molar-refractivity contribution in [2.75, 3.05) is 33.2 Å². The average Bonchev–Trinajstić information content (AvgIpc) is 2.46. The van der Waals surface area contributed by atoms with E-state index in [2.05, 4.69) is 29.5 Å². The molecule has 1 fully saturated rings. The van der Waals surface area contributed by atoms with Crippen molar-refractivity contribution in [3.05, 3.63) is 0 Å². The van der Waals surface area contributed by atoms with E-state index < -0.39 is 15.5 Å². The lowest BCUT2D eigenvalue weighted by Crippen LogP contribution is -2.47. The second-order valence-electron chi connectivity index (χ2n) is 6.02. The third-order valence-electron chi connectivity index (χ3n) is 3.67. The Bertz CT molecular complexity index is 498. The van der Waals surface area contributed by atoms with Crippen LogP contribution in [0.5, 0.6) is 0 Å². The summed E-state index contributed by atoms with van der Waals surface area (Å²) in [5.41, 5.74) is -5.22. The largest absolute Gasteiger partial charge is 0.511 e. The molecule has 1 aliphatic rings. The Morgan fingerprint density at radius 1 is 1.26 bits per heavy atom. The molecule has 0 amide bonds. The lowest BCUT2D eigenvalue weighted by Gasteiger charge is -2.31. The predicted molar refractivity (Wildman–Crippen MR) is 83.5 cm³/mol. The van der Waals surface area contributed by atoms with E-state index in [4.69, 9.17) is 0 Å². The monoisotopic (exact) mass is 358 g/mol.